The molecule has 1 nitrogen and oxygen atoms in total. The second-order valence-corrected chi connectivity index (χ2v) is 6.64. The summed E-state index contributed by atoms with van der Waals surface area (Å²) in [6.45, 7) is 7.00. The van der Waals surface area contributed by atoms with Gasteiger partial charge in [0.05, 0.1) is 5.56 Å². The number of hydrogen-bond acceptors (Lipinski definition) is 0. The van der Waals surface area contributed by atoms with Crippen molar-refractivity contribution in [1.82, 2.24) is 0 Å². The highest BCUT2D eigenvalue weighted by molar-refractivity contribution is 9.10. The van der Waals surface area contributed by atoms with Gasteiger partial charge < -0.3 is 0 Å². The summed E-state index contributed by atoms with van der Waals surface area (Å²) in [4.78, 5) is 0. The first kappa shape index (κ1) is 13.8. The lowest BCUT2D eigenvalue weighted by Crippen LogP contribution is -2.61. The highest BCUT2D eigenvalue weighted by atomic mass is 79.9. The van der Waals surface area contributed by atoms with Gasteiger partial charge in [-0.05, 0) is 23.8 Å². The maximum absolute atomic E-state index is 3.62. The van der Waals surface area contributed by atoms with E-state index in [2.05, 4.69) is 83.9 Å². The average Bonchev–Trinajstić information content (AvgIpc) is 2.49. The van der Waals surface area contributed by atoms with Crippen molar-refractivity contribution in [1.29, 1.82) is 0 Å². The first-order valence-electron chi connectivity index (χ1n) is 7.45. The fourth-order valence-corrected chi connectivity index (χ4v) is 4.24. The van der Waals surface area contributed by atoms with Crippen molar-refractivity contribution in [3.05, 3.63) is 52.6 Å². The lowest BCUT2D eigenvalue weighted by molar-refractivity contribution is -0.762. The number of benzene rings is 1. The zero-order valence-electron chi connectivity index (χ0n) is 12.4. The van der Waals surface area contributed by atoms with Gasteiger partial charge in [-0.15, -0.1) is 0 Å². The molecule has 0 fully saturated rings. The maximum atomic E-state index is 3.62. The quantitative estimate of drug-likeness (QED) is 0.679. The van der Waals surface area contributed by atoms with Crippen LogP contribution in [-0.2, 0) is 5.54 Å². The van der Waals surface area contributed by atoms with Gasteiger partial charge in [-0.25, -0.2) is 0 Å². The van der Waals surface area contributed by atoms with Crippen LogP contribution in [0.1, 0.15) is 45.1 Å². The largest absolute Gasteiger partial charge is 0.213 e. The minimum atomic E-state index is 0.192. The Kier molecular flexibility index (Phi) is 3.45. The molecule has 3 rings (SSSR count). The highest BCUT2D eigenvalue weighted by Gasteiger charge is 2.48. The molecule has 104 valence electrons. The number of aromatic nitrogens is 1. The van der Waals surface area contributed by atoms with Crippen LogP contribution in [0.2, 0.25) is 0 Å². The van der Waals surface area contributed by atoms with Crippen LogP contribution in [-0.4, -0.2) is 0 Å². The van der Waals surface area contributed by atoms with Crippen LogP contribution >= 0.6 is 15.9 Å². The number of rotatable bonds is 2. The summed E-state index contributed by atoms with van der Waals surface area (Å²) in [7, 11) is 0. The summed E-state index contributed by atoms with van der Waals surface area (Å²) in [5, 5.41) is 0. The van der Waals surface area contributed by atoms with Crippen molar-refractivity contribution in [2.45, 2.75) is 45.1 Å². The van der Waals surface area contributed by atoms with E-state index >= 15 is 0 Å². The van der Waals surface area contributed by atoms with Crippen molar-refractivity contribution < 1.29 is 4.57 Å². The number of hydrogen-bond donors (Lipinski definition) is 0. The van der Waals surface area contributed by atoms with E-state index in [1.54, 1.807) is 0 Å². The van der Waals surface area contributed by atoms with Crippen LogP contribution in [0.5, 0.6) is 0 Å². The molecule has 0 saturated heterocycles. The molecule has 2 heteroatoms. The Morgan fingerprint density at radius 1 is 1.15 bits per heavy atom. The van der Waals surface area contributed by atoms with Gasteiger partial charge in [0.2, 0.25) is 5.69 Å². The third-order valence-electron chi connectivity index (χ3n) is 5.13. The minimum Gasteiger partial charge on any atom is -0.192 e. The summed E-state index contributed by atoms with van der Waals surface area (Å²) in [5.41, 5.74) is 4.37. The van der Waals surface area contributed by atoms with Crippen LogP contribution in [0, 0.1) is 0 Å². The molecular weight excluding hydrogens is 310 g/mol. The molecule has 0 spiro atoms. The molecule has 20 heavy (non-hydrogen) atoms. The van der Waals surface area contributed by atoms with Gasteiger partial charge in [0, 0.05) is 35.4 Å². The molecule has 1 unspecified atom stereocenters. The predicted molar refractivity (Wildman–Crippen MR) is 86.7 cm³/mol. The van der Waals surface area contributed by atoms with Gasteiger partial charge in [-0.3, -0.25) is 0 Å². The van der Waals surface area contributed by atoms with Crippen molar-refractivity contribution >= 4 is 15.9 Å². The van der Waals surface area contributed by atoms with E-state index in [1.165, 1.54) is 16.8 Å². The SMILES string of the molecule is CCC1(CC)C(C)c2ccc(Br)cc2-c2cccc[n+]21. The molecule has 0 amide bonds. The topological polar surface area (TPSA) is 3.88 Å². The standard InChI is InChI=1S/C18H21BrN/c1-4-18(5-2)13(3)15-10-9-14(19)12-16(15)17-8-6-7-11-20(17)18/h6-13H,4-5H2,1-3H3/q+1. The van der Waals surface area contributed by atoms with Crippen LogP contribution in [0.25, 0.3) is 11.3 Å². The molecule has 1 aliphatic rings. The summed E-state index contributed by atoms with van der Waals surface area (Å²) in [6, 6.07) is 13.3. The van der Waals surface area contributed by atoms with Crippen molar-refractivity contribution in [3.63, 3.8) is 0 Å². The molecule has 1 aromatic carbocycles. The Hall–Kier alpha value is -1.15. The van der Waals surface area contributed by atoms with Gasteiger partial charge in [0.1, 0.15) is 0 Å². The summed E-state index contributed by atoms with van der Waals surface area (Å²) in [5.74, 6) is 0.528. The third kappa shape index (κ3) is 1.77. The Morgan fingerprint density at radius 3 is 2.60 bits per heavy atom. The number of halogens is 1. The van der Waals surface area contributed by atoms with Gasteiger partial charge in [0.15, 0.2) is 11.7 Å². The monoisotopic (exact) mass is 330 g/mol. The van der Waals surface area contributed by atoms with Crippen molar-refractivity contribution in [2.75, 3.05) is 0 Å². The normalized spacial score (nSPS) is 19.3. The molecule has 0 N–H and O–H groups in total. The smallest absolute Gasteiger partial charge is 0.192 e. The van der Waals surface area contributed by atoms with Crippen molar-refractivity contribution in [2.24, 2.45) is 0 Å². The summed E-state index contributed by atoms with van der Waals surface area (Å²) >= 11 is 3.62. The fourth-order valence-electron chi connectivity index (χ4n) is 3.88. The Labute approximate surface area is 129 Å². The number of fused-ring (bicyclic) bond motifs is 3. The molecule has 2 heterocycles. The van der Waals surface area contributed by atoms with Crippen LogP contribution < -0.4 is 4.57 Å². The molecule has 1 aromatic heterocycles. The predicted octanol–water partition coefficient (Wildman–Crippen LogP) is 5.04. The van der Waals surface area contributed by atoms with Gasteiger partial charge >= 0.3 is 0 Å². The van der Waals surface area contributed by atoms with E-state index in [9.17, 15) is 0 Å². The summed E-state index contributed by atoms with van der Waals surface area (Å²) < 4.78 is 3.66. The molecule has 0 saturated carbocycles. The van der Waals surface area contributed by atoms with Crippen LogP contribution in [0.3, 0.4) is 0 Å². The fraction of sp³-hybridized carbons (Fsp3) is 0.389. The average molecular weight is 331 g/mol. The zero-order chi connectivity index (χ0) is 14.3. The van der Waals surface area contributed by atoms with E-state index in [0.717, 1.165) is 17.3 Å². The second-order valence-electron chi connectivity index (χ2n) is 5.72. The lowest BCUT2D eigenvalue weighted by atomic mass is 9.71. The minimum absolute atomic E-state index is 0.192. The highest BCUT2D eigenvalue weighted by Crippen LogP contribution is 2.45. The Bertz CT molecular complexity index is 644. The van der Waals surface area contributed by atoms with Crippen LogP contribution in [0.4, 0.5) is 0 Å². The number of nitrogens with zero attached hydrogens (tertiary/aromatic N) is 1. The van der Waals surface area contributed by atoms with Gasteiger partial charge in [-0.1, -0.05) is 42.8 Å². The third-order valence-corrected chi connectivity index (χ3v) is 5.62. The van der Waals surface area contributed by atoms with Crippen LogP contribution in [0.15, 0.2) is 47.1 Å². The Morgan fingerprint density at radius 2 is 1.90 bits per heavy atom. The van der Waals surface area contributed by atoms with E-state index in [4.69, 9.17) is 0 Å². The molecular formula is C18H21BrN+. The molecule has 1 aliphatic heterocycles. The van der Waals surface area contributed by atoms with E-state index in [1.807, 2.05) is 0 Å². The summed E-state index contributed by atoms with van der Waals surface area (Å²) in [6.07, 6.45) is 4.56. The van der Waals surface area contributed by atoms with Gasteiger partial charge in [-0.2, -0.15) is 4.57 Å². The van der Waals surface area contributed by atoms with Crippen molar-refractivity contribution in [3.8, 4) is 11.3 Å². The molecule has 0 aliphatic carbocycles. The molecule has 1 atom stereocenters. The molecule has 0 radical (unpaired) electrons. The van der Waals surface area contributed by atoms with E-state index in [0.29, 0.717) is 5.92 Å². The first-order valence-corrected chi connectivity index (χ1v) is 8.24. The molecule has 2 aromatic rings. The Balaban J connectivity index is 2.36. The van der Waals surface area contributed by atoms with E-state index in [-0.39, 0.29) is 5.54 Å². The molecule has 0 bridgehead atoms. The second kappa shape index (κ2) is 5.00. The van der Waals surface area contributed by atoms with E-state index < -0.39 is 0 Å². The van der Waals surface area contributed by atoms with Gasteiger partial charge in [0.25, 0.3) is 0 Å². The first-order chi connectivity index (χ1) is 9.64. The maximum Gasteiger partial charge on any atom is 0.213 e. The number of pyridine rings is 1. The zero-order valence-corrected chi connectivity index (χ0v) is 13.9. The lowest BCUT2D eigenvalue weighted by Gasteiger charge is -2.38.